The molecule has 2 aromatic heterocycles. The third kappa shape index (κ3) is 6.02. The maximum Gasteiger partial charge on any atom is 0.411 e. The number of carbonyl (C=O) groups excluding carboxylic acids is 1. The Bertz CT molecular complexity index is 843. The molecule has 0 saturated carbocycles. The second kappa shape index (κ2) is 9.57. The summed E-state index contributed by atoms with van der Waals surface area (Å²) in [7, 11) is 0. The molecule has 164 valence electrons. The number of alkyl halides is 3. The largest absolute Gasteiger partial charge is 0.411 e. The highest BCUT2D eigenvalue weighted by Gasteiger charge is 2.27. The zero-order valence-corrected chi connectivity index (χ0v) is 17.2. The van der Waals surface area contributed by atoms with Crippen molar-refractivity contribution in [2.75, 3.05) is 45.9 Å². The molecule has 0 aliphatic carbocycles. The number of nitrogens with zero attached hydrogens (tertiary/aromatic N) is 5. The van der Waals surface area contributed by atoms with E-state index in [2.05, 4.69) is 19.7 Å². The molecule has 30 heavy (non-hydrogen) atoms. The predicted molar refractivity (Wildman–Crippen MR) is 105 cm³/mol. The fourth-order valence-corrected chi connectivity index (χ4v) is 3.43. The highest BCUT2D eigenvalue weighted by Crippen LogP contribution is 2.15. The number of pyridine rings is 1. The molecule has 1 amide bonds. The van der Waals surface area contributed by atoms with Crippen LogP contribution in [0.5, 0.6) is 0 Å². The average molecular weight is 425 g/mol. The lowest BCUT2D eigenvalue weighted by atomic mass is 10.2. The Labute approximate surface area is 173 Å². The Kier molecular flexibility index (Phi) is 7.09. The van der Waals surface area contributed by atoms with Crippen molar-refractivity contribution in [3.63, 3.8) is 0 Å². The number of carbonyl (C=O) groups is 1. The second-order valence-corrected chi connectivity index (χ2v) is 7.40. The van der Waals surface area contributed by atoms with Gasteiger partial charge in [-0.3, -0.25) is 9.69 Å². The van der Waals surface area contributed by atoms with Gasteiger partial charge in [-0.25, -0.2) is 9.67 Å². The Morgan fingerprint density at radius 3 is 2.47 bits per heavy atom. The highest BCUT2D eigenvalue weighted by molar-refractivity contribution is 5.94. The summed E-state index contributed by atoms with van der Waals surface area (Å²) >= 11 is 0. The first-order chi connectivity index (χ1) is 14.2. The van der Waals surface area contributed by atoms with Crippen molar-refractivity contribution < 1.29 is 22.7 Å². The van der Waals surface area contributed by atoms with Crippen molar-refractivity contribution in [2.24, 2.45) is 0 Å². The second-order valence-electron chi connectivity index (χ2n) is 7.40. The van der Waals surface area contributed by atoms with Crippen molar-refractivity contribution in [3.8, 4) is 5.82 Å². The van der Waals surface area contributed by atoms with E-state index in [1.165, 1.54) is 0 Å². The fourth-order valence-electron chi connectivity index (χ4n) is 3.43. The molecule has 2 aromatic rings. The van der Waals surface area contributed by atoms with Gasteiger partial charge in [0, 0.05) is 51.2 Å². The normalized spacial score (nSPS) is 15.6. The van der Waals surface area contributed by atoms with Gasteiger partial charge in [0.05, 0.1) is 11.3 Å². The van der Waals surface area contributed by atoms with E-state index in [4.69, 9.17) is 0 Å². The molecule has 10 heteroatoms. The van der Waals surface area contributed by atoms with Crippen LogP contribution in [0.2, 0.25) is 0 Å². The van der Waals surface area contributed by atoms with E-state index < -0.39 is 12.8 Å². The molecule has 0 spiro atoms. The maximum atomic E-state index is 12.7. The molecule has 0 radical (unpaired) electrons. The quantitative estimate of drug-likeness (QED) is 0.639. The van der Waals surface area contributed by atoms with E-state index in [1.807, 2.05) is 19.9 Å². The minimum Gasteiger partial charge on any atom is -0.372 e. The molecule has 1 aliphatic heterocycles. The molecule has 0 bridgehead atoms. The number of rotatable bonds is 7. The molecular weight excluding hydrogens is 399 g/mol. The number of aromatic nitrogens is 3. The SMILES string of the molecule is Cc1cc(C)n(-c2ccc(C(=O)N3CCN(CCCOCC(F)(F)F)CC3)cn2)n1. The minimum atomic E-state index is -4.28. The number of hydrogen-bond acceptors (Lipinski definition) is 5. The fraction of sp³-hybridized carbons (Fsp3) is 0.550. The molecular formula is C20H26F3N5O2. The molecule has 1 aliphatic rings. The Hall–Kier alpha value is -2.46. The molecule has 1 fully saturated rings. The number of aryl methyl sites for hydroxylation is 2. The lowest BCUT2D eigenvalue weighted by Gasteiger charge is -2.34. The van der Waals surface area contributed by atoms with Crippen LogP contribution in [0.3, 0.4) is 0 Å². The topological polar surface area (TPSA) is 63.5 Å². The number of halogens is 3. The molecule has 3 rings (SSSR count). The molecule has 1 saturated heterocycles. The van der Waals surface area contributed by atoms with Crippen LogP contribution in [0.25, 0.3) is 5.82 Å². The molecule has 7 nitrogen and oxygen atoms in total. The summed E-state index contributed by atoms with van der Waals surface area (Å²) in [4.78, 5) is 21.0. The van der Waals surface area contributed by atoms with Crippen LogP contribution in [0.4, 0.5) is 13.2 Å². The standard InChI is InChI=1S/C20H26F3N5O2/c1-15-12-16(2)28(25-15)18-5-4-17(13-24-18)19(29)27-9-7-26(8-10-27)6-3-11-30-14-20(21,22)23/h4-5,12-13H,3,6-11,14H2,1-2H3. The van der Waals surface area contributed by atoms with Crippen LogP contribution in [-0.4, -0.2) is 82.6 Å². The van der Waals surface area contributed by atoms with Crippen LogP contribution in [0, 0.1) is 13.8 Å². The number of hydrogen-bond donors (Lipinski definition) is 0. The highest BCUT2D eigenvalue weighted by atomic mass is 19.4. The third-order valence-electron chi connectivity index (χ3n) is 4.91. The average Bonchev–Trinajstić information content (AvgIpc) is 3.05. The zero-order chi connectivity index (χ0) is 21.7. The first-order valence-corrected chi connectivity index (χ1v) is 9.89. The van der Waals surface area contributed by atoms with Gasteiger partial charge in [-0.15, -0.1) is 0 Å². The number of piperazine rings is 1. The van der Waals surface area contributed by atoms with E-state index in [0.29, 0.717) is 50.5 Å². The predicted octanol–water partition coefficient (Wildman–Crippen LogP) is 2.61. The molecule has 0 N–H and O–H groups in total. The monoisotopic (exact) mass is 425 g/mol. The van der Waals surface area contributed by atoms with E-state index in [0.717, 1.165) is 11.4 Å². The summed E-state index contributed by atoms with van der Waals surface area (Å²) in [6, 6.07) is 5.50. The van der Waals surface area contributed by atoms with Gasteiger partial charge in [0.25, 0.3) is 5.91 Å². The van der Waals surface area contributed by atoms with E-state index >= 15 is 0 Å². The number of ether oxygens (including phenoxy) is 1. The molecule has 0 unspecified atom stereocenters. The first-order valence-electron chi connectivity index (χ1n) is 9.89. The summed E-state index contributed by atoms with van der Waals surface area (Å²) in [6.45, 7) is 5.89. The van der Waals surface area contributed by atoms with Crippen molar-refractivity contribution in [1.82, 2.24) is 24.6 Å². The van der Waals surface area contributed by atoms with Crippen molar-refractivity contribution >= 4 is 5.91 Å². The van der Waals surface area contributed by atoms with Gasteiger partial charge in [-0.05, 0) is 38.5 Å². The Morgan fingerprint density at radius 1 is 1.17 bits per heavy atom. The maximum absolute atomic E-state index is 12.7. The zero-order valence-electron chi connectivity index (χ0n) is 17.2. The Morgan fingerprint density at radius 2 is 1.90 bits per heavy atom. The van der Waals surface area contributed by atoms with Crippen molar-refractivity contribution in [2.45, 2.75) is 26.4 Å². The Balaban J connectivity index is 1.44. The van der Waals surface area contributed by atoms with E-state index in [-0.39, 0.29) is 12.5 Å². The lowest BCUT2D eigenvalue weighted by molar-refractivity contribution is -0.174. The van der Waals surface area contributed by atoms with Gasteiger partial charge in [-0.2, -0.15) is 18.3 Å². The van der Waals surface area contributed by atoms with Crippen LogP contribution < -0.4 is 0 Å². The van der Waals surface area contributed by atoms with Crippen molar-refractivity contribution in [3.05, 3.63) is 41.3 Å². The smallest absolute Gasteiger partial charge is 0.372 e. The molecule has 0 atom stereocenters. The van der Waals surface area contributed by atoms with Gasteiger partial charge in [-0.1, -0.05) is 0 Å². The van der Waals surface area contributed by atoms with E-state index in [9.17, 15) is 18.0 Å². The first kappa shape index (κ1) is 22.2. The summed E-state index contributed by atoms with van der Waals surface area (Å²) in [5, 5.41) is 4.39. The third-order valence-corrected chi connectivity index (χ3v) is 4.91. The van der Waals surface area contributed by atoms with Gasteiger partial charge in [0.15, 0.2) is 5.82 Å². The van der Waals surface area contributed by atoms with Crippen LogP contribution in [0.15, 0.2) is 24.4 Å². The van der Waals surface area contributed by atoms with Crippen LogP contribution in [-0.2, 0) is 4.74 Å². The molecule has 3 heterocycles. The van der Waals surface area contributed by atoms with Gasteiger partial charge < -0.3 is 9.64 Å². The van der Waals surface area contributed by atoms with Crippen LogP contribution >= 0.6 is 0 Å². The summed E-state index contributed by atoms with van der Waals surface area (Å²) in [5.74, 6) is 0.588. The summed E-state index contributed by atoms with van der Waals surface area (Å²) in [5.41, 5.74) is 2.40. The molecule has 0 aromatic carbocycles. The number of amides is 1. The summed E-state index contributed by atoms with van der Waals surface area (Å²) in [6.07, 6.45) is -2.19. The minimum absolute atomic E-state index is 0.0735. The lowest BCUT2D eigenvalue weighted by Crippen LogP contribution is -2.49. The van der Waals surface area contributed by atoms with Gasteiger partial charge in [0.1, 0.15) is 6.61 Å². The van der Waals surface area contributed by atoms with Gasteiger partial charge in [0.2, 0.25) is 0 Å². The van der Waals surface area contributed by atoms with E-state index in [1.54, 1.807) is 27.9 Å². The van der Waals surface area contributed by atoms with Crippen molar-refractivity contribution in [1.29, 1.82) is 0 Å². The summed E-state index contributed by atoms with van der Waals surface area (Å²) < 4.78 is 42.5. The van der Waals surface area contributed by atoms with Gasteiger partial charge >= 0.3 is 6.18 Å². The van der Waals surface area contributed by atoms with Crippen LogP contribution in [0.1, 0.15) is 28.2 Å².